The van der Waals surface area contributed by atoms with Crippen LogP contribution in [0.15, 0.2) is 36.7 Å². The van der Waals surface area contributed by atoms with Gasteiger partial charge in [-0.3, -0.25) is 4.98 Å². The van der Waals surface area contributed by atoms with Crippen molar-refractivity contribution < 1.29 is 9.47 Å². The Balaban J connectivity index is 2.67. The Labute approximate surface area is 101 Å². The third-order valence-electron chi connectivity index (χ3n) is 2.72. The molecule has 1 aromatic carbocycles. The molecule has 0 bridgehead atoms. The predicted octanol–water partition coefficient (Wildman–Crippen LogP) is 3.07. The van der Waals surface area contributed by atoms with Crippen LogP contribution in [0.5, 0.6) is 11.5 Å². The lowest BCUT2D eigenvalue weighted by Gasteiger charge is -2.15. The second-order valence-corrected chi connectivity index (χ2v) is 3.73. The number of hydrogen-bond donors (Lipinski definition) is 0. The van der Waals surface area contributed by atoms with E-state index in [1.54, 1.807) is 26.6 Å². The van der Waals surface area contributed by atoms with Gasteiger partial charge in [0.25, 0.3) is 0 Å². The molecule has 0 radical (unpaired) electrons. The molecule has 0 amide bonds. The molecular formula is C14H15NO2. The third-order valence-corrected chi connectivity index (χ3v) is 2.72. The minimum atomic E-state index is 0.741. The average molecular weight is 229 g/mol. The number of hydrogen-bond acceptors (Lipinski definition) is 3. The smallest absolute Gasteiger partial charge is 0.168 e. The largest absolute Gasteiger partial charge is 0.493 e. The molecule has 0 fully saturated rings. The number of pyridine rings is 1. The summed E-state index contributed by atoms with van der Waals surface area (Å²) in [5.41, 5.74) is 3.27. The van der Waals surface area contributed by atoms with Crippen LogP contribution in [-0.4, -0.2) is 19.2 Å². The van der Waals surface area contributed by atoms with E-state index in [1.165, 1.54) is 0 Å². The Bertz CT molecular complexity index is 509. The van der Waals surface area contributed by atoms with Crippen LogP contribution in [0.4, 0.5) is 0 Å². The summed E-state index contributed by atoms with van der Waals surface area (Å²) < 4.78 is 10.8. The molecule has 2 aromatic rings. The molecule has 0 unspecified atom stereocenters. The standard InChI is InChI=1S/C14H15NO2/c1-10-4-5-12(16-2)14(17-3)13(10)11-6-8-15-9-7-11/h4-9H,1-3H3. The van der Waals surface area contributed by atoms with Crippen LogP contribution in [0.1, 0.15) is 5.56 Å². The third kappa shape index (κ3) is 2.09. The van der Waals surface area contributed by atoms with Gasteiger partial charge in [0, 0.05) is 18.0 Å². The summed E-state index contributed by atoms with van der Waals surface area (Å²) in [6.45, 7) is 2.05. The van der Waals surface area contributed by atoms with Gasteiger partial charge < -0.3 is 9.47 Å². The summed E-state index contributed by atoms with van der Waals surface area (Å²) in [4.78, 5) is 4.03. The molecule has 3 nitrogen and oxygen atoms in total. The van der Waals surface area contributed by atoms with E-state index in [2.05, 4.69) is 11.9 Å². The van der Waals surface area contributed by atoms with Crippen molar-refractivity contribution in [3.05, 3.63) is 42.2 Å². The van der Waals surface area contributed by atoms with Gasteiger partial charge in [0.05, 0.1) is 14.2 Å². The van der Waals surface area contributed by atoms with Crippen LogP contribution >= 0.6 is 0 Å². The van der Waals surface area contributed by atoms with Crippen molar-refractivity contribution in [1.29, 1.82) is 0 Å². The minimum absolute atomic E-state index is 0.741. The SMILES string of the molecule is COc1ccc(C)c(-c2ccncc2)c1OC. The van der Waals surface area contributed by atoms with Gasteiger partial charge in [0.2, 0.25) is 0 Å². The zero-order valence-corrected chi connectivity index (χ0v) is 10.2. The van der Waals surface area contributed by atoms with Crippen LogP contribution in [0.2, 0.25) is 0 Å². The zero-order chi connectivity index (χ0) is 12.3. The first-order valence-electron chi connectivity index (χ1n) is 5.40. The molecule has 0 aliphatic rings. The maximum atomic E-state index is 5.46. The van der Waals surface area contributed by atoms with Crippen molar-refractivity contribution in [2.75, 3.05) is 14.2 Å². The van der Waals surface area contributed by atoms with Crippen LogP contribution in [0.25, 0.3) is 11.1 Å². The van der Waals surface area contributed by atoms with E-state index in [0.717, 1.165) is 28.2 Å². The Hall–Kier alpha value is -2.03. The Morgan fingerprint density at radius 1 is 0.941 bits per heavy atom. The summed E-state index contributed by atoms with van der Waals surface area (Å²) in [6.07, 6.45) is 3.54. The molecule has 88 valence electrons. The summed E-state index contributed by atoms with van der Waals surface area (Å²) in [7, 11) is 3.30. The van der Waals surface area contributed by atoms with Gasteiger partial charge in [-0.15, -0.1) is 0 Å². The number of benzene rings is 1. The second-order valence-electron chi connectivity index (χ2n) is 3.73. The molecule has 0 spiro atoms. The van der Waals surface area contributed by atoms with E-state index >= 15 is 0 Å². The van der Waals surface area contributed by atoms with Gasteiger partial charge in [0.1, 0.15) is 0 Å². The van der Waals surface area contributed by atoms with Crippen LogP contribution < -0.4 is 9.47 Å². The summed E-state index contributed by atoms with van der Waals surface area (Å²) in [6, 6.07) is 7.87. The van der Waals surface area contributed by atoms with Gasteiger partial charge in [-0.1, -0.05) is 6.07 Å². The fraction of sp³-hybridized carbons (Fsp3) is 0.214. The fourth-order valence-electron chi connectivity index (χ4n) is 1.90. The lowest BCUT2D eigenvalue weighted by atomic mass is 10.00. The van der Waals surface area contributed by atoms with Crippen LogP contribution in [-0.2, 0) is 0 Å². The van der Waals surface area contributed by atoms with E-state index in [9.17, 15) is 0 Å². The first kappa shape index (κ1) is 11.5. The first-order chi connectivity index (χ1) is 8.27. The van der Waals surface area contributed by atoms with E-state index in [0.29, 0.717) is 0 Å². The highest BCUT2D eigenvalue weighted by Gasteiger charge is 2.14. The fourth-order valence-corrected chi connectivity index (χ4v) is 1.90. The monoisotopic (exact) mass is 229 g/mol. The Kier molecular flexibility index (Phi) is 3.28. The second kappa shape index (κ2) is 4.87. The Morgan fingerprint density at radius 3 is 2.24 bits per heavy atom. The molecule has 3 heteroatoms. The number of aromatic nitrogens is 1. The molecule has 0 aliphatic carbocycles. The van der Waals surface area contributed by atoms with Crippen LogP contribution in [0, 0.1) is 6.92 Å². The predicted molar refractivity (Wildman–Crippen MR) is 67.5 cm³/mol. The first-order valence-corrected chi connectivity index (χ1v) is 5.40. The van der Waals surface area contributed by atoms with Gasteiger partial charge in [0.15, 0.2) is 11.5 Å². The maximum Gasteiger partial charge on any atom is 0.168 e. The molecule has 0 aliphatic heterocycles. The number of methoxy groups -OCH3 is 2. The van der Waals surface area contributed by atoms with Crippen molar-refractivity contribution in [3.8, 4) is 22.6 Å². The lowest BCUT2D eigenvalue weighted by Crippen LogP contribution is -1.95. The highest BCUT2D eigenvalue weighted by atomic mass is 16.5. The number of rotatable bonds is 3. The van der Waals surface area contributed by atoms with E-state index in [1.807, 2.05) is 24.3 Å². The molecule has 2 rings (SSSR count). The number of aryl methyl sites for hydroxylation is 1. The van der Waals surface area contributed by atoms with Gasteiger partial charge >= 0.3 is 0 Å². The summed E-state index contributed by atoms with van der Waals surface area (Å²) in [5.74, 6) is 1.50. The molecule has 0 N–H and O–H groups in total. The number of nitrogens with zero attached hydrogens (tertiary/aromatic N) is 1. The van der Waals surface area contributed by atoms with E-state index < -0.39 is 0 Å². The summed E-state index contributed by atoms with van der Waals surface area (Å²) >= 11 is 0. The lowest BCUT2D eigenvalue weighted by molar-refractivity contribution is 0.356. The maximum absolute atomic E-state index is 5.46. The molecule has 0 saturated carbocycles. The van der Waals surface area contributed by atoms with Gasteiger partial charge in [-0.25, -0.2) is 0 Å². The number of ether oxygens (including phenoxy) is 2. The van der Waals surface area contributed by atoms with Gasteiger partial charge in [-0.2, -0.15) is 0 Å². The molecule has 17 heavy (non-hydrogen) atoms. The topological polar surface area (TPSA) is 31.4 Å². The molecule has 1 aromatic heterocycles. The quantitative estimate of drug-likeness (QED) is 0.810. The highest BCUT2D eigenvalue weighted by molar-refractivity contribution is 5.76. The molecule has 0 atom stereocenters. The van der Waals surface area contributed by atoms with Crippen molar-refractivity contribution in [2.45, 2.75) is 6.92 Å². The molecule has 1 heterocycles. The van der Waals surface area contributed by atoms with Crippen LogP contribution in [0.3, 0.4) is 0 Å². The van der Waals surface area contributed by atoms with Gasteiger partial charge in [-0.05, 0) is 36.2 Å². The van der Waals surface area contributed by atoms with Crippen molar-refractivity contribution in [2.24, 2.45) is 0 Å². The van der Waals surface area contributed by atoms with Crippen molar-refractivity contribution in [1.82, 2.24) is 4.98 Å². The normalized spacial score (nSPS) is 10.1. The van der Waals surface area contributed by atoms with Crippen molar-refractivity contribution >= 4 is 0 Å². The van der Waals surface area contributed by atoms with Crippen molar-refractivity contribution in [3.63, 3.8) is 0 Å². The summed E-state index contributed by atoms with van der Waals surface area (Å²) in [5, 5.41) is 0. The molecule has 0 saturated heterocycles. The van der Waals surface area contributed by atoms with E-state index in [4.69, 9.17) is 9.47 Å². The minimum Gasteiger partial charge on any atom is -0.493 e. The average Bonchev–Trinajstić information content (AvgIpc) is 2.39. The Morgan fingerprint density at radius 2 is 1.65 bits per heavy atom. The molecular weight excluding hydrogens is 214 g/mol. The highest BCUT2D eigenvalue weighted by Crippen LogP contribution is 2.39. The zero-order valence-electron chi connectivity index (χ0n) is 10.2. The van der Waals surface area contributed by atoms with E-state index in [-0.39, 0.29) is 0 Å².